The fourth-order valence-corrected chi connectivity index (χ4v) is 3.66. The summed E-state index contributed by atoms with van der Waals surface area (Å²) in [5, 5.41) is 0. The lowest BCUT2D eigenvalue weighted by Crippen LogP contribution is -2.15. The first-order chi connectivity index (χ1) is 10.6. The maximum absolute atomic E-state index is 2.38. The molecule has 4 rings (SSSR count). The Hall–Kier alpha value is -2.34. The molecular formula is C23H24. The molecule has 0 saturated carbocycles. The summed E-state index contributed by atoms with van der Waals surface area (Å²) in [6.07, 6.45) is 0. The van der Waals surface area contributed by atoms with Gasteiger partial charge in [-0.2, -0.15) is 0 Å². The van der Waals surface area contributed by atoms with E-state index < -0.39 is 0 Å². The van der Waals surface area contributed by atoms with Crippen LogP contribution < -0.4 is 0 Å². The van der Waals surface area contributed by atoms with Gasteiger partial charge in [-0.3, -0.25) is 0 Å². The van der Waals surface area contributed by atoms with E-state index >= 15 is 0 Å². The van der Waals surface area contributed by atoms with E-state index in [4.69, 9.17) is 0 Å². The van der Waals surface area contributed by atoms with Crippen LogP contribution in [0.3, 0.4) is 0 Å². The second-order valence-electron chi connectivity index (χ2n) is 6.80. The minimum Gasteiger partial charge on any atom is -0.0776 e. The molecule has 1 aliphatic rings. The van der Waals surface area contributed by atoms with E-state index in [-0.39, 0.29) is 12.8 Å². The maximum Gasteiger partial charge on any atom is 0.0159 e. The SMILES string of the molecule is C.Cc1ccc2c(c1)C(C)(C)c1cc(-c3ccccc3)ccc1-2. The summed E-state index contributed by atoms with van der Waals surface area (Å²) < 4.78 is 0. The van der Waals surface area contributed by atoms with E-state index in [1.54, 1.807) is 0 Å². The third-order valence-corrected chi connectivity index (χ3v) is 4.94. The smallest absolute Gasteiger partial charge is 0.0159 e. The molecule has 0 fully saturated rings. The van der Waals surface area contributed by atoms with Crippen molar-refractivity contribution in [2.24, 2.45) is 0 Å². The van der Waals surface area contributed by atoms with Crippen LogP contribution in [0.4, 0.5) is 0 Å². The maximum atomic E-state index is 2.38. The van der Waals surface area contributed by atoms with Crippen LogP contribution in [-0.2, 0) is 5.41 Å². The molecule has 0 heterocycles. The van der Waals surface area contributed by atoms with Crippen LogP contribution in [0.25, 0.3) is 22.3 Å². The summed E-state index contributed by atoms with van der Waals surface area (Å²) in [5.74, 6) is 0. The molecule has 0 bridgehead atoms. The number of hydrogen-bond donors (Lipinski definition) is 0. The number of benzene rings is 3. The molecular weight excluding hydrogens is 276 g/mol. The first kappa shape index (κ1) is 15.6. The van der Waals surface area contributed by atoms with E-state index in [0.29, 0.717) is 0 Å². The predicted molar refractivity (Wildman–Crippen MR) is 101 cm³/mol. The van der Waals surface area contributed by atoms with Gasteiger partial charge in [0.05, 0.1) is 0 Å². The molecule has 0 N–H and O–H groups in total. The highest BCUT2D eigenvalue weighted by Crippen LogP contribution is 2.49. The molecule has 0 aromatic heterocycles. The molecule has 116 valence electrons. The molecule has 0 saturated heterocycles. The zero-order valence-electron chi connectivity index (χ0n) is 13.4. The molecule has 0 heteroatoms. The Bertz CT molecular complexity index is 854. The summed E-state index contributed by atoms with van der Waals surface area (Å²) in [5.41, 5.74) is 9.67. The highest BCUT2D eigenvalue weighted by atomic mass is 14.4. The van der Waals surface area contributed by atoms with Crippen molar-refractivity contribution in [2.45, 2.75) is 33.6 Å². The van der Waals surface area contributed by atoms with E-state index in [0.717, 1.165) is 0 Å². The molecule has 0 amide bonds. The molecule has 3 aromatic rings. The topological polar surface area (TPSA) is 0 Å². The average molecular weight is 300 g/mol. The number of fused-ring (bicyclic) bond motifs is 3. The monoisotopic (exact) mass is 300 g/mol. The molecule has 0 nitrogen and oxygen atoms in total. The van der Waals surface area contributed by atoms with Crippen molar-refractivity contribution < 1.29 is 0 Å². The van der Waals surface area contributed by atoms with Gasteiger partial charge in [0.15, 0.2) is 0 Å². The summed E-state index contributed by atoms with van der Waals surface area (Å²) in [6, 6.07) is 24.4. The Morgan fingerprint density at radius 2 is 1.26 bits per heavy atom. The van der Waals surface area contributed by atoms with Crippen molar-refractivity contribution in [3.05, 3.63) is 83.4 Å². The third-order valence-electron chi connectivity index (χ3n) is 4.94. The van der Waals surface area contributed by atoms with Crippen molar-refractivity contribution in [3.8, 4) is 22.3 Å². The van der Waals surface area contributed by atoms with E-state index in [1.165, 1.54) is 38.9 Å². The largest absolute Gasteiger partial charge is 0.0776 e. The van der Waals surface area contributed by atoms with Crippen molar-refractivity contribution in [1.29, 1.82) is 0 Å². The summed E-state index contributed by atoms with van der Waals surface area (Å²) in [7, 11) is 0. The molecule has 0 radical (unpaired) electrons. The highest BCUT2D eigenvalue weighted by Gasteiger charge is 2.35. The average Bonchev–Trinajstić information content (AvgIpc) is 2.76. The molecule has 1 aliphatic carbocycles. The fraction of sp³-hybridized carbons (Fsp3) is 0.217. The van der Waals surface area contributed by atoms with Crippen LogP contribution in [0.1, 0.15) is 38.0 Å². The Morgan fingerprint density at radius 1 is 0.652 bits per heavy atom. The van der Waals surface area contributed by atoms with E-state index in [2.05, 4.69) is 87.5 Å². The van der Waals surface area contributed by atoms with E-state index in [9.17, 15) is 0 Å². The van der Waals surface area contributed by atoms with Crippen LogP contribution in [0.5, 0.6) is 0 Å². The molecule has 23 heavy (non-hydrogen) atoms. The van der Waals surface area contributed by atoms with Crippen LogP contribution in [0.15, 0.2) is 66.7 Å². The van der Waals surface area contributed by atoms with Crippen molar-refractivity contribution >= 4 is 0 Å². The van der Waals surface area contributed by atoms with Crippen molar-refractivity contribution in [1.82, 2.24) is 0 Å². The normalized spacial score (nSPS) is 13.9. The molecule has 0 unspecified atom stereocenters. The van der Waals surface area contributed by atoms with Gasteiger partial charge in [-0.15, -0.1) is 0 Å². The zero-order valence-corrected chi connectivity index (χ0v) is 13.4. The second kappa shape index (κ2) is 5.38. The third kappa shape index (κ3) is 2.30. The lowest BCUT2D eigenvalue weighted by molar-refractivity contribution is 0.660. The predicted octanol–water partition coefficient (Wildman–Crippen LogP) is 6.60. The van der Waals surface area contributed by atoms with Gasteiger partial charge in [0, 0.05) is 5.41 Å². The molecule has 0 atom stereocenters. The van der Waals surface area contributed by atoms with Gasteiger partial charge in [-0.25, -0.2) is 0 Å². The summed E-state index contributed by atoms with van der Waals surface area (Å²) >= 11 is 0. The fourth-order valence-electron chi connectivity index (χ4n) is 3.66. The lowest BCUT2D eigenvalue weighted by Gasteiger charge is -2.22. The van der Waals surface area contributed by atoms with Gasteiger partial charge in [0.1, 0.15) is 0 Å². The summed E-state index contributed by atoms with van der Waals surface area (Å²) in [4.78, 5) is 0. The number of hydrogen-bond acceptors (Lipinski definition) is 0. The Balaban J connectivity index is 0.00000156. The minimum atomic E-state index is 0. The first-order valence-electron chi connectivity index (χ1n) is 7.89. The van der Waals surface area contributed by atoms with Gasteiger partial charge in [-0.05, 0) is 46.4 Å². The quantitative estimate of drug-likeness (QED) is 0.474. The molecule has 3 aromatic carbocycles. The number of rotatable bonds is 1. The Labute approximate surface area is 139 Å². The van der Waals surface area contributed by atoms with E-state index in [1.807, 2.05) is 0 Å². The van der Waals surface area contributed by atoms with Crippen molar-refractivity contribution in [3.63, 3.8) is 0 Å². The van der Waals surface area contributed by atoms with Crippen molar-refractivity contribution in [2.75, 3.05) is 0 Å². The lowest BCUT2D eigenvalue weighted by atomic mass is 9.81. The van der Waals surface area contributed by atoms with Gasteiger partial charge >= 0.3 is 0 Å². The van der Waals surface area contributed by atoms with Crippen LogP contribution in [0.2, 0.25) is 0 Å². The van der Waals surface area contributed by atoms with Gasteiger partial charge in [-0.1, -0.05) is 87.5 Å². The first-order valence-corrected chi connectivity index (χ1v) is 7.89. The molecule has 0 spiro atoms. The van der Waals surface area contributed by atoms with Crippen LogP contribution in [0, 0.1) is 6.92 Å². The highest BCUT2D eigenvalue weighted by molar-refractivity contribution is 5.83. The van der Waals surface area contributed by atoms with Gasteiger partial charge in [0.25, 0.3) is 0 Å². The standard InChI is InChI=1S/C22H20.CH4/c1-15-9-11-18-19-12-10-17(16-7-5-4-6-8-16)14-21(19)22(2,3)20(18)13-15;/h4-14H,1-3H3;1H4. The Morgan fingerprint density at radius 3 is 1.96 bits per heavy atom. The second-order valence-corrected chi connectivity index (χ2v) is 6.80. The van der Waals surface area contributed by atoms with Gasteiger partial charge in [0.2, 0.25) is 0 Å². The molecule has 0 aliphatic heterocycles. The Kier molecular flexibility index (Phi) is 3.64. The summed E-state index contributed by atoms with van der Waals surface area (Å²) in [6.45, 7) is 6.85. The number of aryl methyl sites for hydroxylation is 1. The van der Waals surface area contributed by atoms with Gasteiger partial charge < -0.3 is 0 Å². The van der Waals surface area contributed by atoms with Crippen LogP contribution in [-0.4, -0.2) is 0 Å². The zero-order chi connectivity index (χ0) is 15.3. The van der Waals surface area contributed by atoms with Crippen LogP contribution >= 0.6 is 0 Å². The minimum absolute atomic E-state index is 0.